The van der Waals surface area contributed by atoms with Crippen molar-refractivity contribution in [1.82, 2.24) is 4.57 Å². The van der Waals surface area contributed by atoms with Crippen molar-refractivity contribution in [3.05, 3.63) is 89.5 Å². The summed E-state index contributed by atoms with van der Waals surface area (Å²) in [6.07, 6.45) is 1.01. The van der Waals surface area contributed by atoms with Crippen molar-refractivity contribution in [2.75, 3.05) is 19.0 Å². The molecule has 0 aliphatic rings. The third kappa shape index (κ3) is 6.37. The van der Waals surface area contributed by atoms with Gasteiger partial charge in [-0.3, -0.25) is 0 Å². The molecule has 0 saturated carbocycles. The Morgan fingerprint density at radius 2 is 1.16 bits per heavy atom. The van der Waals surface area contributed by atoms with Crippen LogP contribution >= 0.6 is 0 Å². The second kappa shape index (κ2) is 11.0. The summed E-state index contributed by atoms with van der Waals surface area (Å²) < 4.78 is 2.30. The SMILES string of the molecule is CN(C)c1cccc(-c2cc(C(C)(C)CC(C)(C)C)cc(-n3c4ccc(C(C)(C)C)cc4c4cc(C(C)(C)C)ccc43)c2O)c1. The molecule has 1 aromatic heterocycles. The van der Waals surface area contributed by atoms with Gasteiger partial charge in [-0.2, -0.15) is 0 Å². The molecule has 0 aliphatic heterocycles. The van der Waals surface area contributed by atoms with E-state index in [9.17, 15) is 5.11 Å². The van der Waals surface area contributed by atoms with Crippen molar-refractivity contribution in [2.24, 2.45) is 5.41 Å². The van der Waals surface area contributed by atoms with Crippen LogP contribution in [0.3, 0.4) is 0 Å². The molecule has 4 aromatic carbocycles. The lowest BCUT2D eigenvalue weighted by Crippen LogP contribution is -2.25. The topological polar surface area (TPSA) is 28.4 Å². The van der Waals surface area contributed by atoms with Crippen LogP contribution in [-0.2, 0) is 16.2 Å². The minimum Gasteiger partial charge on any atom is -0.505 e. The van der Waals surface area contributed by atoms with E-state index in [4.69, 9.17) is 0 Å². The molecule has 0 spiro atoms. The van der Waals surface area contributed by atoms with Gasteiger partial charge < -0.3 is 14.6 Å². The van der Waals surface area contributed by atoms with E-state index in [2.05, 4.69) is 173 Å². The van der Waals surface area contributed by atoms with Crippen molar-refractivity contribution in [3.63, 3.8) is 0 Å². The highest BCUT2D eigenvalue weighted by Gasteiger charge is 2.30. The fourth-order valence-electron chi connectivity index (χ4n) is 7.00. The minimum atomic E-state index is -0.119. The molecular formula is C42H54N2O. The summed E-state index contributed by atoms with van der Waals surface area (Å²) >= 11 is 0. The number of rotatable bonds is 5. The second-order valence-electron chi connectivity index (χ2n) is 17.3. The minimum absolute atomic E-state index is 0.0217. The van der Waals surface area contributed by atoms with Gasteiger partial charge in [-0.05, 0) is 98.9 Å². The quantitative estimate of drug-likeness (QED) is 0.217. The number of aromatic nitrogens is 1. The number of anilines is 1. The van der Waals surface area contributed by atoms with Crippen molar-refractivity contribution in [2.45, 2.75) is 98.8 Å². The predicted molar refractivity (Wildman–Crippen MR) is 197 cm³/mol. The first-order valence-corrected chi connectivity index (χ1v) is 16.4. The zero-order chi connectivity index (χ0) is 33.3. The normalized spacial score (nSPS) is 13.2. The largest absolute Gasteiger partial charge is 0.505 e. The van der Waals surface area contributed by atoms with Crippen molar-refractivity contribution >= 4 is 27.5 Å². The summed E-state index contributed by atoms with van der Waals surface area (Å²) in [7, 11) is 4.12. The summed E-state index contributed by atoms with van der Waals surface area (Å²) in [6, 6.07) is 26.7. The zero-order valence-electron chi connectivity index (χ0n) is 30.0. The summed E-state index contributed by atoms with van der Waals surface area (Å²) in [5.74, 6) is 0.305. The van der Waals surface area contributed by atoms with Gasteiger partial charge in [0.2, 0.25) is 0 Å². The molecule has 0 bridgehead atoms. The van der Waals surface area contributed by atoms with E-state index in [1.165, 1.54) is 27.5 Å². The van der Waals surface area contributed by atoms with E-state index in [1.54, 1.807) is 0 Å². The van der Waals surface area contributed by atoms with Crippen LogP contribution in [0.1, 0.15) is 99.3 Å². The molecule has 0 aliphatic carbocycles. The van der Waals surface area contributed by atoms with Crippen LogP contribution in [0.5, 0.6) is 5.75 Å². The number of benzene rings is 4. The summed E-state index contributed by atoms with van der Waals surface area (Å²) in [6.45, 7) is 25.2. The Labute approximate surface area is 271 Å². The van der Waals surface area contributed by atoms with Gasteiger partial charge in [-0.1, -0.05) is 100 Å². The van der Waals surface area contributed by atoms with Crippen LogP contribution in [0.15, 0.2) is 72.8 Å². The van der Waals surface area contributed by atoms with E-state index in [-0.39, 0.29) is 21.7 Å². The summed E-state index contributed by atoms with van der Waals surface area (Å²) in [5.41, 5.74) is 9.93. The van der Waals surface area contributed by atoms with E-state index >= 15 is 0 Å². The van der Waals surface area contributed by atoms with Gasteiger partial charge in [0.1, 0.15) is 5.75 Å². The molecule has 1 heterocycles. The highest BCUT2D eigenvalue weighted by atomic mass is 16.3. The molecule has 0 amide bonds. The first-order chi connectivity index (χ1) is 20.7. The van der Waals surface area contributed by atoms with Gasteiger partial charge in [0.25, 0.3) is 0 Å². The predicted octanol–water partition coefficient (Wildman–Crippen LogP) is 11.5. The van der Waals surface area contributed by atoms with Gasteiger partial charge in [0, 0.05) is 36.1 Å². The van der Waals surface area contributed by atoms with Gasteiger partial charge in [-0.25, -0.2) is 0 Å². The van der Waals surface area contributed by atoms with E-state index in [0.29, 0.717) is 5.75 Å². The van der Waals surface area contributed by atoms with Crippen molar-refractivity contribution in [3.8, 4) is 22.6 Å². The van der Waals surface area contributed by atoms with Gasteiger partial charge >= 0.3 is 0 Å². The van der Waals surface area contributed by atoms with E-state index in [0.717, 1.165) is 40.0 Å². The van der Waals surface area contributed by atoms with Crippen molar-refractivity contribution in [1.29, 1.82) is 0 Å². The Bertz CT molecular complexity index is 1810. The number of hydrogen-bond acceptors (Lipinski definition) is 2. The Morgan fingerprint density at radius 1 is 0.622 bits per heavy atom. The van der Waals surface area contributed by atoms with Crippen LogP contribution < -0.4 is 4.90 Å². The average Bonchev–Trinajstić information content (AvgIpc) is 3.24. The molecule has 5 rings (SSSR count). The summed E-state index contributed by atoms with van der Waals surface area (Å²) in [4.78, 5) is 2.11. The average molecular weight is 603 g/mol. The molecule has 1 N–H and O–H groups in total. The third-order valence-electron chi connectivity index (χ3n) is 9.26. The molecule has 0 saturated heterocycles. The van der Waals surface area contributed by atoms with Gasteiger partial charge in [0.05, 0.1) is 16.7 Å². The number of hydrogen-bond donors (Lipinski definition) is 1. The molecule has 0 radical (unpaired) electrons. The van der Waals surface area contributed by atoms with E-state index in [1.807, 2.05) is 0 Å². The number of aromatic hydroxyl groups is 1. The fourth-order valence-corrected chi connectivity index (χ4v) is 7.00. The van der Waals surface area contributed by atoms with E-state index < -0.39 is 0 Å². The Morgan fingerprint density at radius 3 is 1.62 bits per heavy atom. The van der Waals surface area contributed by atoms with Gasteiger partial charge in [0.15, 0.2) is 0 Å². The maximum absolute atomic E-state index is 12.3. The first-order valence-electron chi connectivity index (χ1n) is 16.4. The Hall–Kier alpha value is -3.72. The lowest BCUT2D eigenvalue weighted by atomic mass is 9.71. The van der Waals surface area contributed by atoms with Gasteiger partial charge in [-0.15, -0.1) is 0 Å². The number of phenolic OH excluding ortho intramolecular Hbond substituents is 1. The Balaban J connectivity index is 1.91. The number of phenols is 1. The standard InChI is InChI=1S/C42H54N2O/c1-39(2,3)26-42(10,11)30-24-32(27-15-14-16-31(21-27)43(12)13)38(45)37(25-30)44-35-19-17-28(40(4,5)6)22-33(35)34-23-29(41(7,8)9)18-20-36(34)44/h14-25,45H,26H2,1-13H3. The highest BCUT2D eigenvalue weighted by Crippen LogP contribution is 2.46. The zero-order valence-corrected chi connectivity index (χ0v) is 30.0. The monoisotopic (exact) mass is 602 g/mol. The fraction of sp³-hybridized carbons (Fsp3) is 0.429. The molecule has 238 valence electrons. The lowest BCUT2D eigenvalue weighted by Gasteiger charge is -2.34. The molecule has 3 heteroatoms. The molecular weight excluding hydrogens is 548 g/mol. The molecule has 3 nitrogen and oxygen atoms in total. The summed E-state index contributed by atoms with van der Waals surface area (Å²) in [5, 5.41) is 14.8. The van der Waals surface area contributed by atoms with Crippen LogP contribution in [0.25, 0.3) is 38.6 Å². The van der Waals surface area contributed by atoms with Crippen LogP contribution in [0, 0.1) is 5.41 Å². The number of nitrogens with zero attached hydrogens (tertiary/aromatic N) is 2. The number of fused-ring (bicyclic) bond motifs is 3. The molecule has 0 atom stereocenters. The Kier molecular flexibility index (Phi) is 7.96. The highest BCUT2D eigenvalue weighted by molar-refractivity contribution is 6.10. The molecule has 5 aromatic rings. The molecule has 45 heavy (non-hydrogen) atoms. The van der Waals surface area contributed by atoms with Crippen LogP contribution in [0.2, 0.25) is 0 Å². The lowest BCUT2D eigenvalue weighted by molar-refractivity contribution is 0.284. The van der Waals surface area contributed by atoms with Crippen LogP contribution in [0.4, 0.5) is 5.69 Å². The molecule has 0 unspecified atom stereocenters. The smallest absolute Gasteiger partial charge is 0.147 e. The van der Waals surface area contributed by atoms with Crippen molar-refractivity contribution < 1.29 is 5.11 Å². The first kappa shape index (κ1) is 32.7. The maximum atomic E-state index is 12.3. The maximum Gasteiger partial charge on any atom is 0.147 e. The van der Waals surface area contributed by atoms with Crippen LogP contribution in [-0.4, -0.2) is 23.8 Å². The molecule has 0 fully saturated rings. The second-order valence-corrected chi connectivity index (χ2v) is 17.3. The third-order valence-corrected chi connectivity index (χ3v) is 9.26.